The lowest BCUT2D eigenvalue weighted by Crippen LogP contribution is -2.57. The van der Waals surface area contributed by atoms with Crippen LogP contribution in [0.5, 0.6) is 5.75 Å². The SMILES string of the molecule is Cc1nc2ccc(OC(=O)NN3CCC(NC(=O)Nc4cccc(Cl)c4)CC3CCc3ccc(C(=N)N)cc3)cc2[nH]1. The van der Waals surface area contributed by atoms with Crippen molar-refractivity contribution in [3.8, 4) is 5.75 Å². The number of halogens is 1. The van der Waals surface area contributed by atoms with Crippen LogP contribution in [0.2, 0.25) is 5.02 Å². The van der Waals surface area contributed by atoms with Crippen LogP contribution in [-0.2, 0) is 6.42 Å². The van der Waals surface area contributed by atoms with E-state index in [1.54, 1.807) is 42.5 Å². The lowest BCUT2D eigenvalue weighted by atomic mass is 9.93. The minimum atomic E-state index is -0.591. The van der Waals surface area contributed by atoms with Crippen LogP contribution in [0.25, 0.3) is 11.0 Å². The minimum absolute atomic E-state index is 0.0227. The standard InChI is InChI=1S/C30H33ClN8O3/c1-18-34-26-12-11-25(17-27(26)35-18)42-30(41)38-39-14-13-23(37-29(40)36-22-4-2-3-21(31)15-22)16-24(39)10-7-19-5-8-20(9-6-19)28(32)33/h2-6,8-9,11-12,15,17,23-24H,7,10,13-14,16H2,1H3,(H3,32,33)(H,34,35)(H,38,41)(H2,36,37,40). The molecule has 12 heteroatoms. The van der Waals surface area contributed by atoms with Crippen molar-refractivity contribution in [3.63, 3.8) is 0 Å². The molecule has 5 rings (SSSR count). The predicted molar refractivity (Wildman–Crippen MR) is 163 cm³/mol. The van der Waals surface area contributed by atoms with Crippen molar-refractivity contribution in [2.75, 3.05) is 11.9 Å². The van der Waals surface area contributed by atoms with E-state index in [-0.39, 0.29) is 24.0 Å². The zero-order valence-corrected chi connectivity index (χ0v) is 23.9. The van der Waals surface area contributed by atoms with Gasteiger partial charge >= 0.3 is 12.1 Å². The molecule has 1 aromatic heterocycles. The van der Waals surface area contributed by atoms with Gasteiger partial charge in [-0.3, -0.25) is 10.8 Å². The smallest absolute Gasteiger partial charge is 0.409 e. The summed E-state index contributed by atoms with van der Waals surface area (Å²) in [7, 11) is 0. The van der Waals surface area contributed by atoms with Crippen LogP contribution in [0.15, 0.2) is 66.7 Å². The summed E-state index contributed by atoms with van der Waals surface area (Å²) >= 11 is 6.04. The Kier molecular flexibility index (Phi) is 8.89. The van der Waals surface area contributed by atoms with Crippen LogP contribution < -0.4 is 26.5 Å². The van der Waals surface area contributed by atoms with Crippen LogP contribution >= 0.6 is 11.6 Å². The second-order valence-electron chi connectivity index (χ2n) is 10.3. The topological polar surface area (TPSA) is 161 Å². The summed E-state index contributed by atoms with van der Waals surface area (Å²) in [6.45, 7) is 2.38. The molecule has 0 saturated carbocycles. The van der Waals surface area contributed by atoms with Crippen LogP contribution in [0.4, 0.5) is 15.3 Å². The summed E-state index contributed by atoms with van der Waals surface area (Å²) in [4.78, 5) is 33.1. The number of hydrogen-bond acceptors (Lipinski definition) is 6. The Morgan fingerprint density at radius 3 is 2.74 bits per heavy atom. The number of aromatic nitrogens is 2. The zero-order valence-electron chi connectivity index (χ0n) is 23.1. The first-order valence-electron chi connectivity index (χ1n) is 13.7. The first-order valence-corrected chi connectivity index (χ1v) is 14.1. The average Bonchev–Trinajstić information content (AvgIpc) is 3.32. The molecule has 1 aliphatic heterocycles. The highest BCUT2D eigenvalue weighted by atomic mass is 35.5. The number of urea groups is 1. The van der Waals surface area contributed by atoms with Crippen molar-refractivity contribution >= 4 is 46.3 Å². The van der Waals surface area contributed by atoms with E-state index < -0.39 is 6.09 Å². The highest BCUT2D eigenvalue weighted by Crippen LogP contribution is 2.23. The van der Waals surface area contributed by atoms with Crippen molar-refractivity contribution in [3.05, 3.63) is 88.7 Å². The number of benzene rings is 3. The molecule has 11 nitrogen and oxygen atoms in total. The summed E-state index contributed by atoms with van der Waals surface area (Å²) in [5, 5.41) is 15.9. The summed E-state index contributed by atoms with van der Waals surface area (Å²) in [6, 6.07) is 19.3. The number of carbonyl (C=O) groups excluding carboxylic acids is 2. The maximum absolute atomic E-state index is 12.9. The molecule has 2 atom stereocenters. The van der Waals surface area contributed by atoms with Gasteiger partial charge in [0.2, 0.25) is 0 Å². The third-order valence-electron chi connectivity index (χ3n) is 7.18. The number of hydrogen-bond donors (Lipinski definition) is 6. The molecule has 42 heavy (non-hydrogen) atoms. The van der Waals surface area contributed by atoms with Crippen LogP contribution in [0.3, 0.4) is 0 Å². The number of nitrogen functional groups attached to an aromatic ring is 1. The lowest BCUT2D eigenvalue weighted by Gasteiger charge is -2.39. The molecular formula is C30H33ClN8O3. The molecule has 1 fully saturated rings. The van der Waals surface area contributed by atoms with E-state index in [0.717, 1.165) is 28.8 Å². The Labute approximate surface area is 248 Å². The number of nitrogens with two attached hydrogens (primary N) is 1. The summed E-state index contributed by atoms with van der Waals surface area (Å²) in [6.07, 6.45) is 2.10. The van der Waals surface area contributed by atoms with Crippen molar-refractivity contribution in [1.29, 1.82) is 5.41 Å². The van der Waals surface area contributed by atoms with Gasteiger partial charge < -0.3 is 26.1 Å². The van der Waals surface area contributed by atoms with E-state index in [9.17, 15) is 9.59 Å². The molecule has 2 heterocycles. The number of aryl methyl sites for hydroxylation is 2. The number of amides is 3. The number of nitrogens with one attached hydrogen (secondary N) is 5. The number of aromatic amines is 1. The van der Waals surface area contributed by atoms with Crippen molar-refractivity contribution in [2.24, 2.45) is 5.73 Å². The maximum atomic E-state index is 12.9. The Hall–Kier alpha value is -4.61. The normalized spacial score (nSPS) is 17.0. The molecule has 7 N–H and O–H groups in total. The third-order valence-corrected chi connectivity index (χ3v) is 7.42. The zero-order chi connectivity index (χ0) is 29.6. The number of ether oxygens (including phenoxy) is 1. The Balaban J connectivity index is 1.23. The average molecular weight is 589 g/mol. The van der Waals surface area contributed by atoms with E-state index in [2.05, 4.69) is 26.0 Å². The van der Waals surface area contributed by atoms with Crippen molar-refractivity contribution in [2.45, 2.75) is 44.7 Å². The summed E-state index contributed by atoms with van der Waals surface area (Å²) in [5.41, 5.74) is 12.4. The number of rotatable bonds is 8. The van der Waals surface area contributed by atoms with E-state index in [4.69, 9.17) is 27.5 Å². The number of hydrazine groups is 1. The second-order valence-corrected chi connectivity index (χ2v) is 10.8. The van der Waals surface area contributed by atoms with Gasteiger partial charge in [-0.1, -0.05) is 41.9 Å². The molecule has 1 saturated heterocycles. The van der Waals surface area contributed by atoms with Crippen molar-refractivity contribution in [1.82, 2.24) is 25.7 Å². The molecule has 2 unspecified atom stereocenters. The van der Waals surface area contributed by atoms with E-state index in [0.29, 0.717) is 47.8 Å². The van der Waals surface area contributed by atoms with Gasteiger partial charge in [0, 0.05) is 41.0 Å². The van der Waals surface area contributed by atoms with E-state index >= 15 is 0 Å². The van der Waals surface area contributed by atoms with Gasteiger partial charge in [-0.2, -0.15) is 0 Å². The monoisotopic (exact) mass is 588 g/mol. The molecule has 0 spiro atoms. The van der Waals surface area contributed by atoms with E-state index in [1.165, 1.54) is 0 Å². The molecule has 3 aromatic carbocycles. The second kappa shape index (κ2) is 12.9. The van der Waals surface area contributed by atoms with Gasteiger partial charge in [-0.05, 0) is 68.5 Å². The Bertz CT molecular complexity index is 1590. The summed E-state index contributed by atoms with van der Waals surface area (Å²) in [5.74, 6) is 1.21. The van der Waals surface area contributed by atoms with Gasteiger partial charge in [0.1, 0.15) is 17.4 Å². The molecule has 0 bridgehead atoms. The minimum Gasteiger partial charge on any atom is -0.409 e. The number of anilines is 1. The Morgan fingerprint density at radius 1 is 1.17 bits per heavy atom. The number of piperidine rings is 1. The van der Waals surface area contributed by atoms with Gasteiger partial charge in [-0.25, -0.2) is 19.6 Å². The predicted octanol–water partition coefficient (Wildman–Crippen LogP) is 5.10. The molecule has 0 radical (unpaired) electrons. The first-order chi connectivity index (χ1) is 20.2. The highest BCUT2D eigenvalue weighted by molar-refractivity contribution is 6.30. The number of amidine groups is 1. The molecule has 0 aliphatic carbocycles. The van der Waals surface area contributed by atoms with Gasteiger partial charge in [0.05, 0.1) is 11.0 Å². The van der Waals surface area contributed by atoms with Crippen LogP contribution in [0.1, 0.15) is 36.2 Å². The summed E-state index contributed by atoms with van der Waals surface area (Å²) < 4.78 is 5.59. The number of nitrogens with zero attached hydrogens (tertiary/aromatic N) is 2. The number of imidazole rings is 1. The van der Waals surface area contributed by atoms with Gasteiger partial charge in [0.15, 0.2) is 0 Å². The molecule has 4 aromatic rings. The maximum Gasteiger partial charge on any atom is 0.427 e. The van der Waals surface area contributed by atoms with Crippen molar-refractivity contribution < 1.29 is 14.3 Å². The third kappa shape index (κ3) is 7.56. The number of fused-ring (bicyclic) bond motifs is 1. The fourth-order valence-corrected chi connectivity index (χ4v) is 5.32. The Morgan fingerprint density at radius 2 is 1.98 bits per heavy atom. The molecule has 218 valence electrons. The van der Waals surface area contributed by atoms with Gasteiger partial charge in [0.25, 0.3) is 0 Å². The van der Waals surface area contributed by atoms with Gasteiger partial charge in [-0.15, -0.1) is 0 Å². The molecular weight excluding hydrogens is 556 g/mol. The quantitative estimate of drug-likeness (QED) is 0.124. The molecule has 3 amide bonds. The fourth-order valence-electron chi connectivity index (χ4n) is 5.13. The largest absolute Gasteiger partial charge is 0.427 e. The highest BCUT2D eigenvalue weighted by Gasteiger charge is 2.31. The number of H-pyrrole nitrogens is 1. The van der Waals surface area contributed by atoms with Crippen LogP contribution in [-0.4, -0.2) is 51.6 Å². The molecule has 1 aliphatic rings. The lowest BCUT2D eigenvalue weighted by molar-refractivity contribution is 0.0664. The van der Waals surface area contributed by atoms with E-state index in [1.807, 2.05) is 36.2 Å². The number of carbonyl (C=O) groups is 2. The van der Waals surface area contributed by atoms with Crippen LogP contribution in [0, 0.1) is 12.3 Å². The first kappa shape index (κ1) is 28.9. The fraction of sp³-hybridized carbons (Fsp3) is 0.267.